The zero-order chi connectivity index (χ0) is 20.7. The van der Waals surface area contributed by atoms with Gasteiger partial charge in [-0.05, 0) is 24.3 Å². The topological polar surface area (TPSA) is 84.9 Å². The van der Waals surface area contributed by atoms with Crippen LogP contribution in [-0.4, -0.2) is 45.9 Å². The van der Waals surface area contributed by atoms with E-state index in [4.69, 9.17) is 9.47 Å². The van der Waals surface area contributed by atoms with Crippen molar-refractivity contribution in [1.29, 1.82) is 0 Å². The Labute approximate surface area is 164 Å². The van der Waals surface area contributed by atoms with Crippen LogP contribution in [0.1, 0.15) is 12.5 Å². The molecule has 0 aliphatic rings. The van der Waals surface area contributed by atoms with Gasteiger partial charge in [0.15, 0.2) is 0 Å². The summed E-state index contributed by atoms with van der Waals surface area (Å²) in [6, 6.07) is 10.4. The first-order valence-corrected chi connectivity index (χ1v) is 9.99. The molecule has 0 atom stereocenters. The van der Waals surface area contributed by atoms with Crippen LogP contribution in [0.15, 0.2) is 47.4 Å². The summed E-state index contributed by atoms with van der Waals surface area (Å²) in [5, 5.41) is 2.67. The van der Waals surface area contributed by atoms with Gasteiger partial charge in [0.1, 0.15) is 22.2 Å². The maximum atomic E-state index is 13.6. The molecule has 2 aromatic rings. The van der Waals surface area contributed by atoms with Gasteiger partial charge in [0, 0.05) is 18.7 Å². The van der Waals surface area contributed by atoms with Gasteiger partial charge >= 0.3 is 0 Å². The van der Waals surface area contributed by atoms with Crippen LogP contribution in [0.4, 0.5) is 4.39 Å². The smallest absolute Gasteiger partial charge is 0.247 e. The van der Waals surface area contributed by atoms with Crippen LogP contribution < -0.4 is 14.8 Å². The Hall–Kier alpha value is -2.65. The van der Waals surface area contributed by atoms with Crippen molar-refractivity contribution >= 4 is 15.9 Å². The molecule has 152 valence electrons. The van der Waals surface area contributed by atoms with Crippen molar-refractivity contribution in [2.24, 2.45) is 0 Å². The summed E-state index contributed by atoms with van der Waals surface area (Å²) in [4.78, 5) is 12.0. The maximum absolute atomic E-state index is 13.6. The fourth-order valence-electron chi connectivity index (χ4n) is 2.62. The van der Waals surface area contributed by atoms with Gasteiger partial charge in [-0.1, -0.05) is 25.1 Å². The van der Waals surface area contributed by atoms with Gasteiger partial charge in [-0.3, -0.25) is 4.79 Å². The standard InChI is InChI=1S/C19H23FN2O5S/c1-4-22(28(24,25)18-11-15(20)9-10-17(18)27-3)13-19(23)21-12-14-7-5-6-8-16(14)26-2/h5-11H,4,12-13H2,1-3H3,(H,21,23). The number of carbonyl (C=O) groups is 1. The number of likely N-dealkylation sites (N-methyl/N-ethyl adjacent to an activating group) is 1. The predicted octanol–water partition coefficient (Wildman–Crippen LogP) is 2.17. The molecule has 28 heavy (non-hydrogen) atoms. The van der Waals surface area contributed by atoms with Gasteiger partial charge in [-0.2, -0.15) is 4.31 Å². The highest BCUT2D eigenvalue weighted by atomic mass is 32.2. The van der Waals surface area contributed by atoms with E-state index < -0.39 is 28.3 Å². The number of carbonyl (C=O) groups excluding carboxylic acids is 1. The van der Waals surface area contributed by atoms with Crippen molar-refractivity contribution in [3.05, 3.63) is 53.8 Å². The van der Waals surface area contributed by atoms with Crippen LogP contribution in [0.5, 0.6) is 11.5 Å². The average Bonchev–Trinajstić information content (AvgIpc) is 2.70. The Kier molecular flexibility index (Phi) is 7.36. The first kappa shape index (κ1) is 21.6. The number of benzene rings is 2. The molecular weight excluding hydrogens is 387 g/mol. The van der Waals surface area contributed by atoms with Gasteiger partial charge in [0.25, 0.3) is 0 Å². The molecular formula is C19H23FN2O5S. The number of halogens is 1. The van der Waals surface area contributed by atoms with E-state index in [0.717, 1.165) is 22.0 Å². The molecule has 0 radical (unpaired) electrons. The molecule has 0 bridgehead atoms. The van der Waals surface area contributed by atoms with E-state index in [-0.39, 0.29) is 23.7 Å². The van der Waals surface area contributed by atoms with Gasteiger partial charge in [-0.15, -0.1) is 0 Å². The summed E-state index contributed by atoms with van der Waals surface area (Å²) in [5.41, 5.74) is 0.760. The average molecular weight is 410 g/mol. The second-order valence-corrected chi connectivity index (χ2v) is 7.72. The predicted molar refractivity (Wildman–Crippen MR) is 102 cm³/mol. The van der Waals surface area contributed by atoms with Gasteiger partial charge < -0.3 is 14.8 Å². The monoisotopic (exact) mass is 410 g/mol. The molecule has 1 amide bonds. The summed E-state index contributed by atoms with van der Waals surface area (Å²) in [5.74, 6) is -0.579. The minimum Gasteiger partial charge on any atom is -0.496 e. The van der Waals surface area contributed by atoms with Crippen molar-refractivity contribution in [3.63, 3.8) is 0 Å². The van der Waals surface area contributed by atoms with Gasteiger partial charge in [-0.25, -0.2) is 12.8 Å². The Morgan fingerprint density at radius 2 is 1.79 bits per heavy atom. The first-order valence-electron chi connectivity index (χ1n) is 8.55. The highest BCUT2D eigenvalue weighted by molar-refractivity contribution is 7.89. The number of nitrogens with zero attached hydrogens (tertiary/aromatic N) is 1. The summed E-state index contributed by atoms with van der Waals surface area (Å²) in [6.07, 6.45) is 0. The van der Waals surface area contributed by atoms with E-state index in [1.165, 1.54) is 20.3 Å². The fourth-order valence-corrected chi connectivity index (χ4v) is 4.19. The molecule has 0 aliphatic carbocycles. The first-order chi connectivity index (χ1) is 13.3. The van der Waals surface area contributed by atoms with E-state index in [1.54, 1.807) is 19.1 Å². The number of methoxy groups -OCH3 is 2. The molecule has 1 N–H and O–H groups in total. The lowest BCUT2D eigenvalue weighted by Gasteiger charge is -2.21. The van der Waals surface area contributed by atoms with Crippen molar-refractivity contribution in [1.82, 2.24) is 9.62 Å². The lowest BCUT2D eigenvalue weighted by Crippen LogP contribution is -2.40. The number of para-hydroxylation sites is 1. The van der Waals surface area contributed by atoms with E-state index >= 15 is 0 Å². The largest absolute Gasteiger partial charge is 0.496 e. The summed E-state index contributed by atoms with van der Waals surface area (Å²) < 4.78 is 50.6. The molecule has 0 aromatic heterocycles. The number of nitrogens with one attached hydrogen (secondary N) is 1. The maximum Gasteiger partial charge on any atom is 0.247 e. The fraction of sp³-hybridized carbons (Fsp3) is 0.316. The number of sulfonamides is 1. The second kappa shape index (κ2) is 9.52. The Bertz CT molecular complexity index is 934. The van der Waals surface area contributed by atoms with Crippen LogP contribution in [0.3, 0.4) is 0 Å². The molecule has 9 heteroatoms. The van der Waals surface area contributed by atoms with E-state index in [2.05, 4.69) is 5.32 Å². The minimum absolute atomic E-state index is 0.00859. The van der Waals surface area contributed by atoms with Crippen molar-refractivity contribution < 1.29 is 27.1 Å². The molecule has 0 fully saturated rings. The van der Waals surface area contributed by atoms with E-state index in [1.807, 2.05) is 12.1 Å². The van der Waals surface area contributed by atoms with Crippen LogP contribution in [0, 0.1) is 5.82 Å². The highest BCUT2D eigenvalue weighted by Gasteiger charge is 2.29. The van der Waals surface area contributed by atoms with E-state index in [0.29, 0.717) is 5.75 Å². The molecule has 0 aliphatic heterocycles. The van der Waals surface area contributed by atoms with Gasteiger partial charge in [0.2, 0.25) is 15.9 Å². The van der Waals surface area contributed by atoms with Crippen LogP contribution in [0.25, 0.3) is 0 Å². The second-order valence-electron chi connectivity index (χ2n) is 5.81. The van der Waals surface area contributed by atoms with Crippen molar-refractivity contribution in [2.75, 3.05) is 27.3 Å². The number of rotatable bonds is 9. The summed E-state index contributed by atoms with van der Waals surface area (Å²) >= 11 is 0. The molecule has 0 spiro atoms. The number of hydrogen-bond donors (Lipinski definition) is 1. The zero-order valence-electron chi connectivity index (χ0n) is 15.9. The van der Waals surface area contributed by atoms with Gasteiger partial charge in [0.05, 0.1) is 20.8 Å². The minimum atomic E-state index is -4.12. The zero-order valence-corrected chi connectivity index (χ0v) is 16.8. The van der Waals surface area contributed by atoms with Crippen molar-refractivity contribution in [3.8, 4) is 11.5 Å². The quantitative estimate of drug-likeness (QED) is 0.685. The summed E-state index contributed by atoms with van der Waals surface area (Å²) in [7, 11) is -1.30. The summed E-state index contributed by atoms with van der Waals surface area (Å²) in [6.45, 7) is 1.40. The van der Waals surface area contributed by atoms with Crippen LogP contribution in [0.2, 0.25) is 0 Å². The molecule has 0 saturated carbocycles. The van der Waals surface area contributed by atoms with E-state index in [9.17, 15) is 17.6 Å². The third kappa shape index (κ3) is 4.99. The third-order valence-electron chi connectivity index (χ3n) is 4.08. The van der Waals surface area contributed by atoms with Crippen LogP contribution in [-0.2, 0) is 21.4 Å². The Morgan fingerprint density at radius 3 is 2.43 bits per heavy atom. The molecule has 0 saturated heterocycles. The lowest BCUT2D eigenvalue weighted by atomic mass is 10.2. The third-order valence-corrected chi connectivity index (χ3v) is 6.03. The SMILES string of the molecule is CCN(CC(=O)NCc1ccccc1OC)S(=O)(=O)c1cc(F)ccc1OC. The Morgan fingerprint density at radius 1 is 1.11 bits per heavy atom. The number of hydrogen-bond acceptors (Lipinski definition) is 5. The molecule has 0 heterocycles. The highest BCUT2D eigenvalue weighted by Crippen LogP contribution is 2.27. The molecule has 7 nitrogen and oxygen atoms in total. The molecule has 0 unspecified atom stereocenters. The normalized spacial score (nSPS) is 11.3. The van der Waals surface area contributed by atoms with Crippen LogP contribution >= 0.6 is 0 Å². The number of amides is 1. The number of ether oxygens (including phenoxy) is 2. The van der Waals surface area contributed by atoms with Crippen molar-refractivity contribution in [2.45, 2.75) is 18.4 Å². The Balaban J connectivity index is 2.14. The molecule has 2 rings (SSSR count). The lowest BCUT2D eigenvalue weighted by molar-refractivity contribution is -0.121. The molecule has 2 aromatic carbocycles.